The molecule has 1 heterocycles. The molecule has 1 N–H and O–H groups in total. The first-order chi connectivity index (χ1) is 11.1. The Bertz CT molecular complexity index is 669. The lowest BCUT2D eigenvalue weighted by atomic mass is 9.75. The lowest BCUT2D eigenvalue weighted by Crippen LogP contribution is -2.49. The van der Waals surface area contributed by atoms with Crippen LogP contribution in [0, 0.1) is 17.2 Å². The fourth-order valence-corrected chi connectivity index (χ4v) is 3.67. The van der Waals surface area contributed by atoms with Crippen LogP contribution in [0.1, 0.15) is 50.2 Å². The zero-order valence-corrected chi connectivity index (χ0v) is 13.3. The average Bonchev–Trinajstić information content (AvgIpc) is 2.80. The molecule has 5 heteroatoms. The molecule has 0 bridgehead atoms. The van der Waals surface area contributed by atoms with Gasteiger partial charge >= 0.3 is 6.03 Å². The first-order valence-electron chi connectivity index (χ1n) is 8.22. The highest BCUT2D eigenvalue weighted by atomic mass is 16.2. The van der Waals surface area contributed by atoms with Crippen LogP contribution in [0.4, 0.5) is 4.79 Å². The Morgan fingerprint density at radius 3 is 2.65 bits per heavy atom. The van der Waals surface area contributed by atoms with Crippen LogP contribution in [0.15, 0.2) is 24.3 Å². The summed E-state index contributed by atoms with van der Waals surface area (Å²) in [6, 6.07) is 8.87. The quantitative estimate of drug-likeness (QED) is 0.872. The molecule has 1 aromatic carbocycles. The molecule has 5 nitrogen and oxygen atoms in total. The molecule has 0 unspecified atom stereocenters. The number of urea groups is 1. The number of nitrogens with one attached hydrogen (secondary N) is 1. The molecule has 3 amide bonds. The number of rotatable bonds is 3. The number of hydrogen-bond acceptors (Lipinski definition) is 3. The molecule has 23 heavy (non-hydrogen) atoms. The van der Waals surface area contributed by atoms with Gasteiger partial charge in [0, 0.05) is 0 Å². The fourth-order valence-electron chi connectivity index (χ4n) is 3.67. The molecule has 2 fully saturated rings. The molecule has 2 aliphatic rings. The Morgan fingerprint density at radius 1 is 1.30 bits per heavy atom. The Morgan fingerprint density at radius 2 is 2.00 bits per heavy atom. The van der Waals surface area contributed by atoms with Crippen molar-refractivity contribution in [2.45, 2.75) is 51.1 Å². The van der Waals surface area contributed by atoms with Crippen LogP contribution in [0.25, 0.3) is 0 Å². The smallest absolute Gasteiger partial charge is 0.323 e. The fraction of sp³-hybridized carbons (Fsp3) is 0.500. The van der Waals surface area contributed by atoms with Gasteiger partial charge in [-0.15, -0.1) is 0 Å². The zero-order chi connectivity index (χ0) is 16.4. The molecular formula is C18H21N3O2. The van der Waals surface area contributed by atoms with E-state index >= 15 is 0 Å². The van der Waals surface area contributed by atoms with E-state index in [-0.39, 0.29) is 18.5 Å². The van der Waals surface area contributed by atoms with E-state index in [1.807, 2.05) is 6.07 Å². The lowest BCUT2D eigenvalue weighted by molar-refractivity contribution is -0.133. The van der Waals surface area contributed by atoms with E-state index in [9.17, 15) is 9.59 Å². The van der Waals surface area contributed by atoms with Gasteiger partial charge in [0.25, 0.3) is 5.91 Å². The van der Waals surface area contributed by atoms with Crippen molar-refractivity contribution in [1.29, 1.82) is 5.26 Å². The minimum atomic E-state index is -0.718. The Labute approximate surface area is 136 Å². The van der Waals surface area contributed by atoms with Gasteiger partial charge in [0.1, 0.15) is 5.54 Å². The van der Waals surface area contributed by atoms with E-state index in [4.69, 9.17) is 5.26 Å². The number of carbonyl (C=O) groups excluding carboxylic acids is 2. The molecule has 1 spiro atoms. The monoisotopic (exact) mass is 311 g/mol. The van der Waals surface area contributed by atoms with E-state index in [1.165, 1.54) is 4.90 Å². The van der Waals surface area contributed by atoms with E-state index in [0.717, 1.165) is 19.3 Å². The maximum Gasteiger partial charge on any atom is 0.325 e. The molecule has 0 radical (unpaired) electrons. The number of amides is 3. The van der Waals surface area contributed by atoms with Gasteiger partial charge in [0.2, 0.25) is 0 Å². The van der Waals surface area contributed by atoms with Crippen molar-refractivity contribution in [1.82, 2.24) is 10.2 Å². The standard InChI is InChI=1S/C18H21N3O2/c1-2-13-7-9-18(10-8-13)16(22)21(17(23)20-18)12-15-6-4-3-5-14(15)11-19/h3-6,13H,2,7-10,12H2,1H3,(H,20,23). The summed E-state index contributed by atoms with van der Waals surface area (Å²) in [6.07, 6.45) is 4.51. The zero-order valence-electron chi connectivity index (χ0n) is 13.3. The van der Waals surface area contributed by atoms with Crippen molar-refractivity contribution in [3.8, 4) is 6.07 Å². The molecule has 120 valence electrons. The van der Waals surface area contributed by atoms with Gasteiger partial charge < -0.3 is 5.32 Å². The summed E-state index contributed by atoms with van der Waals surface area (Å²) in [4.78, 5) is 26.4. The van der Waals surface area contributed by atoms with E-state index in [1.54, 1.807) is 18.2 Å². The second-order valence-corrected chi connectivity index (χ2v) is 6.52. The summed E-state index contributed by atoms with van der Waals surface area (Å²) in [5, 5.41) is 12.1. The van der Waals surface area contributed by atoms with Gasteiger partial charge in [-0.05, 0) is 43.2 Å². The van der Waals surface area contributed by atoms with Crippen molar-refractivity contribution in [2.75, 3.05) is 0 Å². The third-order valence-electron chi connectivity index (χ3n) is 5.25. The average molecular weight is 311 g/mol. The molecule has 0 atom stereocenters. The van der Waals surface area contributed by atoms with E-state index in [2.05, 4.69) is 18.3 Å². The molecule has 1 saturated carbocycles. The predicted octanol–water partition coefficient (Wildman–Crippen LogP) is 2.95. The van der Waals surface area contributed by atoms with Crippen molar-refractivity contribution < 1.29 is 9.59 Å². The largest absolute Gasteiger partial charge is 0.325 e. The predicted molar refractivity (Wildman–Crippen MR) is 85.2 cm³/mol. The van der Waals surface area contributed by atoms with Crippen molar-refractivity contribution in [3.63, 3.8) is 0 Å². The highest BCUT2D eigenvalue weighted by molar-refractivity contribution is 6.07. The van der Waals surface area contributed by atoms with Crippen LogP contribution in [-0.4, -0.2) is 22.4 Å². The maximum absolute atomic E-state index is 12.9. The van der Waals surface area contributed by atoms with Gasteiger partial charge in [0.05, 0.1) is 18.2 Å². The van der Waals surface area contributed by atoms with Crippen LogP contribution in [-0.2, 0) is 11.3 Å². The maximum atomic E-state index is 12.9. The molecule has 1 aromatic rings. The third-order valence-corrected chi connectivity index (χ3v) is 5.25. The summed E-state index contributed by atoms with van der Waals surface area (Å²) in [5.74, 6) is 0.517. The van der Waals surface area contributed by atoms with Gasteiger partial charge in [-0.3, -0.25) is 9.69 Å². The van der Waals surface area contributed by atoms with Crippen molar-refractivity contribution in [2.24, 2.45) is 5.92 Å². The van der Waals surface area contributed by atoms with Crippen molar-refractivity contribution in [3.05, 3.63) is 35.4 Å². The summed E-state index contributed by atoms with van der Waals surface area (Å²) in [5.41, 5.74) is 0.492. The first-order valence-corrected chi connectivity index (χ1v) is 8.22. The second kappa shape index (κ2) is 6.04. The highest BCUT2D eigenvalue weighted by Crippen LogP contribution is 2.38. The van der Waals surface area contributed by atoms with Crippen LogP contribution in [0.5, 0.6) is 0 Å². The van der Waals surface area contributed by atoms with Gasteiger partial charge in [0.15, 0.2) is 0 Å². The number of carbonyl (C=O) groups is 2. The van der Waals surface area contributed by atoms with Gasteiger partial charge in [-0.1, -0.05) is 31.5 Å². The topological polar surface area (TPSA) is 73.2 Å². The number of nitrogens with zero attached hydrogens (tertiary/aromatic N) is 2. The number of imide groups is 1. The SMILES string of the molecule is CCC1CCC2(CC1)NC(=O)N(Cc1ccccc1C#N)C2=O. The number of nitriles is 1. The van der Waals surface area contributed by atoms with Crippen molar-refractivity contribution >= 4 is 11.9 Å². The molecular weight excluding hydrogens is 290 g/mol. The Kier molecular flexibility index (Phi) is 4.08. The highest BCUT2D eigenvalue weighted by Gasteiger charge is 2.52. The number of benzene rings is 1. The molecule has 1 saturated heterocycles. The first kappa shape index (κ1) is 15.5. The van der Waals surface area contributed by atoms with Crippen LogP contribution >= 0.6 is 0 Å². The summed E-state index contributed by atoms with van der Waals surface area (Å²) >= 11 is 0. The molecule has 1 aliphatic heterocycles. The summed E-state index contributed by atoms with van der Waals surface area (Å²) in [7, 11) is 0. The van der Waals surface area contributed by atoms with Crippen LogP contribution in [0.2, 0.25) is 0 Å². The van der Waals surface area contributed by atoms with Crippen LogP contribution < -0.4 is 5.32 Å². The van der Waals surface area contributed by atoms with Crippen LogP contribution in [0.3, 0.4) is 0 Å². The third kappa shape index (κ3) is 2.70. The summed E-state index contributed by atoms with van der Waals surface area (Å²) < 4.78 is 0. The van der Waals surface area contributed by atoms with Gasteiger partial charge in [-0.25, -0.2) is 4.79 Å². The second-order valence-electron chi connectivity index (χ2n) is 6.52. The van der Waals surface area contributed by atoms with E-state index in [0.29, 0.717) is 29.9 Å². The molecule has 0 aromatic heterocycles. The Hall–Kier alpha value is -2.35. The minimum absolute atomic E-state index is 0.134. The lowest BCUT2D eigenvalue weighted by Gasteiger charge is -2.34. The molecule has 1 aliphatic carbocycles. The Balaban J connectivity index is 1.79. The van der Waals surface area contributed by atoms with Gasteiger partial charge in [-0.2, -0.15) is 5.26 Å². The molecule has 3 rings (SSSR count). The van der Waals surface area contributed by atoms with E-state index < -0.39 is 5.54 Å². The minimum Gasteiger partial charge on any atom is -0.323 e. The summed E-state index contributed by atoms with van der Waals surface area (Å²) in [6.45, 7) is 2.33. The normalized spacial score (nSPS) is 27.1. The number of hydrogen-bond donors (Lipinski definition) is 1.